The van der Waals surface area contributed by atoms with E-state index in [9.17, 15) is 9.59 Å². The van der Waals surface area contributed by atoms with Crippen molar-refractivity contribution in [1.29, 1.82) is 0 Å². The molecule has 1 N–H and O–H groups in total. The quantitative estimate of drug-likeness (QED) is 0.331. The standard InChI is InChI=1S/C18H22N2O3.C14H27NO4/c1-18(2,3)23-17(21)20-12-15-9-10-16(19-11-15)22-13-14-7-5-4-6-8-14;1-14(2,3)19-13(16)15-8-6-12(7-9-15)18-11-5-10-17-4/h4-11H,12-13H2,1-3H3,(H,20,21);12H,5-11H2,1-4H3. The van der Waals surface area contributed by atoms with E-state index in [4.69, 9.17) is 23.7 Å². The normalized spacial score (nSPS) is 13.9. The van der Waals surface area contributed by atoms with E-state index in [1.807, 2.05) is 77.9 Å². The molecule has 42 heavy (non-hydrogen) atoms. The van der Waals surface area contributed by atoms with Gasteiger partial charge in [0.2, 0.25) is 5.88 Å². The fourth-order valence-electron chi connectivity index (χ4n) is 3.81. The molecule has 1 saturated heterocycles. The van der Waals surface area contributed by atoms with Crippen LogP contribution in [0.1, 0.15) is 71.9 Å². The Hall–Kier alpha value is -3.37. The lowest BCUT2D eigenvalue weighted by molar-refractivity contribution is -0.0149. The zero-order valence-electron chi connectivity index (χ0n) is 26.3. The van der Waals surface area contributed by atoms with Crippen LogP contribution in [0.2, 0.25) is 0 Å². The summed E-state index contributed by atoms with van der Waals surface area (Å²) in [6.07, 6.45) is 3.96. The number of hydrogen-bond donors (Lipinski definition) is 1. The minimum Gasteiger partial charge on any atom is -0.473 e. The largest absolute Gasteiger partial charge is 0.473 e. The molecule has 0 radical (unpaired) electrons. The van der Waals surface area contributed by atoms with Crippen molar-refractivity contribution in [2.45, 2.75) is 91.3 Å². The van der Waals surface area contributed by atoms with Crippen LogP contribution in [-0.4, -0.2) is 72.8 Å². The Morgan fingerprint density at radius 1 is 0.905 bits per heavy atom. The van der Waals surface area contributed by atoms with E-state index in [0.29, 0.717) is 32.1 Å². The molecule has 0 unspecified atom stereocenters. The number of rotatable bonds is 10. The van der Waals surface area contributed by atoms with Gasteiger partial charge in [0, 0.05) is 52.2 Å². The van der Waals surface area contributed by atoms with Gasteiger partial charge in [-0.05, 0) is 71.9 Å². The van der Waals surface area contributed by atoms with E-state index in [0.717, 1.165) is 43.6 Å². The fourth-order valence-corrected chi connectivity index (χ4v) is 3.81. The van der Waals surface area contributed by atoms with Crippen molar-refractivity contribution >= 4 is 12.2 Å². The third-order valence-electron chi connectivity index (χ3n) is 5.80. The molecule has 10 heteroatoms. The summed E-state index contributed by atoms with van der Waals surface area (Å²) in [6, 6.07) is 13.6. The summed E-state index contributed by atoms with van der Waals surface area (Å²) in [5, 5.41) is 2.69. The summed E-state index contributed by atoms with van der Waals surface area (Å²) in [7, 11) is 1.69. The molecule has 0 atom stereocenters. The van der Waals surface area contributed by atoms with E-state index in [1.165, 1.54) is 0 Å². The van der Waals surface area contributed by atoms with Crippen LogP contribution >= 0.6 is 0 Å². The molecule has 1 aromatic carbocycles. The first kappa shape index (κ1) is 34.8. The average molecular weight is 588 g/mol. The van der Waals surface area contributed by atoms with Crippen LogP contribution in [0.15, 0.2) is 48.7 Å². The summed E-state index contributed by atoms with van der Waals surface area (Å²) in [6.45, 7) is 14.9. The van der Waals surface area contributed by atoms with Gasteiger partial charge in [-0.3, -0.25) is 0 Å². The van der Waals surface area contributed by atoms with Crippen molar-refractivity contribution in [3.63, 3.8) is 0 Å². The number of nitrogens with zero attached hydrogens (tertiary/aromatic N) is 2. The molecule has 234 valence electrons. The van der Waals surface area contributed by atoms with Gasteiger partial charge in [0.1, 0.15) is 17.8 Å². The number of methoxy groups -OCH3 is 1. The fraction of sp³-hybridized carbons (Fsp3) is 0.594. The number of amides is 2. The molecule has 1 aliphatic rings. The second-order valence-electron chi connectivity index (χ2n) is 12.0. The first-order chi connectivity index (χ1) is 19.8. The second kappa shape index (κ2) is 17.6. The number of pyridine rings is 1. The van der Waals surface area contributed by atoms with Crippen molar-refractivity contribution in [3.05, 3.63) is 59.8 Å². The number of carbonyl (C=O) groups excluding carboxylic acids is 2. The van der Waals surface area contributed by atoms with Crippen molar-refractivity contribution in [1.82, 2.24) is 15.2 Å². The van der Waals surface area contributed by atoms with E-state index in [2.05, 4.69) is 10.3 Å². The Bertz CT molecular complexity index is 1040. The number of nitrogens with one attached hydrogen (secondary N) is 1. The number of benzene rings is 1. The summed E-state index contributed by atoms with van der Waals surface area (Å²) < 4.78 is 26.9. The van der Waals surface area contributed by atoms with Gasteiger partial charge >= 0.3 is 12.2 Å². The number of alkyl carbamates (subject to hydrolysis) is 1. The third kappa shape index (κ3) is 15.6. The Morgan fingerprint density at radius 2 is 1.57 bits per heavy atom. The number of ether oxygens (including phenoxy) is 5. The zero-order valence-corrected chi connectivity index (χ0v) is 26.3. The highest BCUT2D eigenvalue weighted by Crippen LogP contribution is 2.17. The summed E-state index contributed by atoms with van der Waals surface area (Å²) >= 11 is 0. The molecule has 3 rings (SSSR count). The van der Waals surface area contributed by atoms with Crippen LogP contribution in [0.25, 0.3) is 0 Å². The van der Waals surface area contributed by atoms with E-state index in [1.54, 1.807) is 24.3 Å². The molecular weight excluding hydrogens is 538 g/mol. The molecule has 1 aromatic heterocycles. The van der Waals surface area contributed by atoms with Gasteiger partial charge in [-0.25, -0.2) is 14.6 Å². The number of aromatic nitrogens is 1. The Labute approximate surface area is 251 Å². The molecule has 10 nitrogen and oxygen atoms in total. The van der Waals surface area contributed by atoms with E-state index < -0.39 is 17.3 Å². The highest BCUT2D eigenvalue weighted by molar-refractivity contribution is 5.68. The molecule has 2 amide bonds. The number of piperidine rings is 1. The molecule has 0 saturated carbocycles. The van der Waals surface area contributed by atoms with Gasteiger partial charge in [0.15, 0.2) is 0 Å². The lowest BCUT2D eigenvalue weighted by Crippen LogP contribution is -2.43. The van der Waals surface area contributed by atoms with Crippen molar-refractivity contribution < 1.29 is 33.3 Å². The van der Waals surface area contributed by atoms with E-state index in [-0.39, 0.29) is 12.2 Å². The molecule has 2 aromatic rings. The molecule has 1 aliphatic heterocycles. The maximum absolute atomic E-state index is 11.9. The van der Waals surface area contributed by atoms with Crippen molar-refractivity contribution in [2.24, 2.45) is 0 Å². The zero-order chi connectivity index (χ0) is 31.0. The van der Waals surface area contributed by atoms with Crippen LogP contribution in [0, 0.1) is 0 Å². The predicted molar refractivity (Wildman–Crippen MR) is 161 cm³/mol. The summed E-state index contributed by atoms with van der Waals surface area (Å²) in [4.78, 5) is 29.4. The number of carbonyl (C=O) groups is 2. The first-order valence-corrected chi connectivity index (χ1v) is 14.5. The second-order valence-corrected chi connectivity index (χ2v) is 12.0. The maximum atomic E-state index is 11.9. The minimum atomic E-state index is -0.503. The number of hydrogen-bond acceptors (Lipinski definition) is 8. The number of likely N-dealkylation sites (tertiary alicyclic amines) is 1. The maximum Gasteiger partial charge on any atom is 0.410 e. The Kier molecular flexibility index (Phi) is 14.6. The topological polar surface area (TPSA) is 108 Å². The molecule has 0 bridgehead atoms. The lowest BCUT2D eigenvalue weighted by atomic mass is 10.1. The van der Waals surface area contributed by atoms with Gasteiger partial charge < -0.3 is 33.9 Å². The Balaban J connectivity index is 0.000000299. The van der Waals surface area contributed by atoms with Gasteiger partial charge in [-0.1, -0.05) is 36.4 Å². The molecule has 0 spiro atoms. The van der Waals surface area contributed by atoms with Crippen LogP contribution in [0.4, 0.5) is 9.59 Å². The van der Waals surface area contributed by atoms with Crippen LogP contribution in [0.3, 0.4) is 0 Å². The lowest BCUT2D eigenvalue weighted by Gasteiger charge is -2.33. The van der Waals surface area contributed by atoms with Gasteiger partial charge in [-0.15, -0.1) is 0 Å². The smallest absolute Gasteiger partial charge is 0.410 e. The summed E-state index contributed by atoms with van der Waals surface area (Å²) in [5.74, 6) is 0.551. The van der Waals surface area contributed by atoms with Gasteiger partial charge in [0.25, 0.3) is 0 Å². The molecule has 1 fully saturated rings. The average Bonchev–Trinajstić information content (AvgIpc) is 2.93. The highest BCUT2D eigenvalue weighted by atomic mass is 16.6. The molecule has 0 aliphatic carbocycles. The predicted octanol–water partition coefficient (Wildman–Crippen LogP) is 6.12. The van der Waals surface area contributed by atoms with Crippen LogP contribution in [0.5, 0.6) is 5.88 Å². The van der Waals surface area contributed by atoms with Gasteiger partial charge in [-0.2, -0.15) is 0 Å². The minimum absolute atomic E-state index is 0.217. The highest BCUT2D eigenvalue weighted by Gasteiger charge is 2.27. The molecule has 2 heterocycles. The van der Waals surface area contributed by atoms with Crippen molar-refractivity contribution in [3.8, 4) is 5.88 Å². The van der Waals surface area contributed by atoms with Crippen LogP contribution < -0.4 is 10.1 Å². The summed E-state index contributed by atoms with van der Waals surface area (Å²) in [5.41, 5.74) is 1.04. The van der Waals surface area contributed by atoms with Crippen LogP contribution in [-0.2, 0) is 32.1 Å². The Morgan fingerprint density at radius 3 is 2.14 bits per heavy atom. The van der Waals surface area contributed by atoms with E-state index >= 15 is 0 Å². The monoisotopic (exact) mass is 587 g/mol. The van der Waals surface area contributed by atoms with Gasteiger partial charge in [0.05, 0.1) is 6.10 Å². The van der Waals surface area contributed by atoms with Crippen molar-refractivity contribution in [2.75, 3.05) is 33.4 Å². The third-order valence-corrected chi connectivity index (χ3v) is 5.80. The molecular formula is C32H49N3O7. The first-order valence-electron chi connectivity index (χ1n) is 14.5. The SMILES string of the molecule is CC(C)(C)OC(=O)NCc1ccc(OCc2ccccc2)nc1.COCCCOC1CCN(C(=O)OC(C)(C)C)CC1.